The Bertz CT molecular complexity index is 813. The SMILES string of the molecule is CNC(=O)CCCCC(=O)NCCCC[N+]1(CCNC(=O)CCCCC(=O)NCC[N+]2(C)CC(O)C2)CC(O)C1. The molecule has 4 amide bonds. The van der Waals surface area contributed by atoms with Crippen molar-refractivity contribution in [3.05, 3.63) is 0 Å². The van der Waals surface area contributed by atoms with E-state index in [0.29, 0.717) is 84.1 Å². The molecule has 6 N–H and O–H groups in total. The number of hydrogen-bond donors (Lipinski definition) is 6. The van der Waals surface area contributed by atoms with Crippen LogP contribution in [0.1, 0.15) is 64.2 Å². The normalized spacial score (nSPS) is 25.3. The first-order valence-corrected chi connectivity index (χ1v) is 15.1. The van der Waals surface area contributed by atoms with Gasteiger partial charge in [-0.2, -0.15) is 0 Å². The standard InChI is InChI=1S/C28H52N6O6/c1-29-25(37)9-3-4-10-26(38)30-13-7-8-16-34(21-24(36)22-34)18-15-32-28(40)12-6-5-11-27(39)31-14-17-33(2)19-23(35)20-33/h23-24,35-36H,3-22H2,1-2H3,(H2-2,29,30,31,32,37,38,39,40)/p+2. The lowest BCUT2D eigenvalue weighted by Gasteiger charge is -2.48. The number of nitrogens with zero attached hydrogens (tertiary/aromatic N) is 2. The number of rotatable bonds is 21. The number of aliphatic hydroxyl groups is 2. The Morgan fingerprint density at radius 2 is 1.05 bits per heavy atom. The summed E-state index contributed by atoms with van der Waals surface area (Å²) in [5.41, 5.74) is 0. The van der Waals surface area contributed by atoms with E-state index in [2.05, 4.69) is 28.3 Å². The maximum Gasteiger partial charge on any atom is 0.220 e. The molecule has 0 spiro atoms. The van der Waals surface area contributed by atoms with Gasteiger partial charge in [-0.1, -0.05) is 0 Å². The molecule has 2 rings (SSSR count). The average molecular weight is 571 g/mol. The van der Waals surface area contributed by atoms with E-state index in [-0.39, 0.29) is 35.8 Å². The molecule has 2 heterocycles. The highest BCUT2D eigenvalue weighted by Crippen LogP contribution is 2.21. The Morgan fingerprint density at radius 3 is 1.52 bits per heavy atom. The second-order valence-corrected chi connectivity index (χ2v) is 12.0. The van der Waals surface area contributed by atoms with Gasteiger partial charge >= 0.3 is 0 Å². The van der Waals surface area contributed by atoms with E-state index in [4.69, 9.17) is 0 Å². The molecule has 2 aliphatic heterocycles. The zero-order chi connectivity index (χ0) is 29.4. The van der Waals surface area contributed by atoms with Crippen molar-refractivity contribution in [1.82, 2.24) is 21.3 Å². The lowest BCUT2D eigenvalue weighted by molar-refractivity contribution is -0.971. The fourth-order valence-corrected chi connectivity index (χ4v) is 5.69. The second kappa shape index (κ2) is 17.5. The summed E-state index contributed by atoms with van der Waals surface area (Å²) in [4.78, 5) is 47.4. The predicted octanol–water partition coefficient (Wildman–Crippen LogP) is -1.01. The maximum atomic E-state index is 12.2. The molecule has 0 bridgehead atoms. The van der Waals surface area contributed by atoms with E-state index in [9.17, 15) is 29.4 Å². The summed E-state index contributed by atoms with van der Waals surface area (Å²) >= 11 is 0. The molecule has 0 aromatic heterocycles. The smallest absolute Gasteiger partial charge is 0.220 e. The molecule has 12 heteroatoms. The van der Waals surface area contributed by atoms with E-state index in [1.807, 2.05) is 0 Å². The summed E-state index contributed by atoms with van der Waals surface area (Å²) < 4.78 is 1.58. The van der Waals surface area contributed by atoms with Gasteiger partial charge in [0.25, 0.3) is 0 Å². The number of nitrogens with one attached hydrogen (secondary N) is 4. The van der Waals surface area contributed by atoms with Crippen LogP contribution in [0.25, 0.3) is 0 Å². The van der Waals surface area contributed by atoms with Crippen LogP contribution in [0.3, 0.4) is 0 Å². The van der Waals surface area contributed by atoms with Crippen molar-refractivity contribution in [3.63, 3.8) is 0 Å². The number of unbranched alkanes of at least 4 members (excludes halogenated alkanes) is 3. The molecule has 2 saturated heterocycles. The number of amides is 4. The Labute approximate surface area is 239 Å². The van der Waals surface area contributed by atoms with Gasteiger partial charge in [-0.15, -0.1) is 0 Å². The topological polar surface area (TPSA) is 157 Å². The highest BCUT2D eigenvalue weighted by molar-refractivity contribution is 5.77. The molecule has 2 aliphatic rings. The Kier molecular flexibility index (Phi) is 14.9. The first kappa shape index (κ1) is 33.9. The molecule has 0 radical (unpaired) electrons. The Balaban J connectivity index is 1.47. The van der Waals surface area contributed by atoms with Crippen LogP contribution < -0.4 is 21.3 Å². The molecule has 0 unspecified atom stereocenters. The maximum absolute atomic E-state index is 12.2. The van der Waals surface area contributed by atoms with E-state index in [0.717, 1.165) is 54.5 Å². The van der Waals surface area contributed by atoms with Crippen LogP contribution in [0.4, 0.5) is 0 Å². The molecule has 2 fully saturated rings. The number of carbonyl (C=O) groups is 4. The van der Waals surface area contributed by atoms with E-state index in [1.54, 1.807) is 7.05 Å². The lowest BCUT2D eigenvalue weighted by Crippen LogP contribution is -2.68. The van der Waals surface area contributed by atoms with Gasteiger partial charge in [0, 0.05) is 39.3 Å². The molecule has 0 saturated carbocycles. The number of aliphatic hydroxyl groups excluding tert-OH is 2. The van der Waals surface area contributed by atoms with E-state index < -0.39 is 0 Å². The number of likely N-dealkylation sites (N-methyl/N-ethyl adjacent to an activating group) is 1. The highest BCUT2D eigenvalue weighted by atomic mass is 16.3. The molecule has 0 aromatic rings. The quantitative estimate of drug-likeness (QED) is 0.0768. The zero-order valence-corrected chi connectivity index (χ0v) is 24.7. The van der Waals surface area contributed by atoms with Gasteiger partial charge in [0.15, 0.2) is 12.2 Å². The van der Waals surface area contributed by atoms with Crippen molar-refractivity contribution in [2.45, 2.75) is 76.4 Å². The summed E-state index contributed by atoms with van der Waals surface area (Å²) in [7, 11) is 3.69. The molecule has 230 valence electrons. The van der Waals surface area contributed by atoms with Gasteiger partial charge < -0.3 is 40.4 Å². The Morgan fingerprint density at radius 1 is 0.600 bits per heavy atom. The highest BCUT2D eigenvalue weighted by Gasteiger charge is 2.42. The van der Waals surface area contributed by atoms with Crippen molar-refractivity contribution in [2.75, 3.05) is 79.5 Å². The van der Waals surface area contributed by atoms with Gasteiger partial charge in [0.2, 0.25) is 23.6 Å². The minimum atomic E-state index is -0.293. The largest absolute Gasteiger partial charge is 0.382 e. The predicted molar refractivity (Wildman–Crippen MR) is 152 cm³/mol. The van der Waals surface area contributed by atoms with Crippen molar-refractivity contribution in [2.24, 2.45) is 0 Å². The third kappa shape index (κ3) is 13.4. The number of quaternary nitrogens is 2. The average Bonchev–Trinajstić information content (AvgIpc) is 2.87. The number of likely N-dealkylation sites (tertiary alicyclic amines) is 2. The van der Waals surface area contributed by atoms with Gasteiger partial charge in [0.05, 0.1) is 39.8 Å². The van der Waals surface area contributed by atoms with Crippen LogP contribution >= 0.6 is 0 Å². The third-order valence-electron chi connectivity index (χ3n) is 8.16. The van der Waals surface area contributed by atoms with Crippen molar-refractivity contribution >= 4 is 23.6 Å². The van der Waals surface area contributed by atoms with Crippen LogP contribution in [-0.2, 0) is 19.2 Å². The number of hydrogen-bond acceptors (Lipinski definition) is 6. The van der Waals surface area contributed by atoms with Gasteiger partial charge in [0.1, 0.15) is 26.2 Å². The van der Waals surface area contributed by atoms with E-state index in [1.165, 1.54) is 0 Å². The van der Waals surface area contributed by atoms with Gasteiger partial charge in [-0.3, -0.25) is 19.2 Å². The first-order valence-electron chi connectivity index (χ1n) is 15.1. The van der Waals surface area contributed by atoms with Crippen molar-refractivity contribution in [1.29, 1.82) is 0 Å². The fourth-order valence-electron chi connectivity index (χ4n) is 5.69. The summed E-state index contributed by atoms with van der Waals surface area (Å²) in [5.74, 6) is 0.0135. The summed E-state index contributed by atoms with van der Waals surface area (Å²) in [6.07, 6.45) is 5.71. The molecule has 40 heavy (non-hydrogen) atoms. The van der Waals surface area contributed by atoms with Gasteiger partial charge in [-0.25, -0.2) is 0 Å². The van der Waals surface area contributed by atoms with Crippen LogP contribution in [0.5, 0.6) is 0 Å². The minimum Gasteiger partial charge on any atom is -0.382 e. The molecule has 12 nitrogen and oxygen atoms in total. The summed E-state index contributed by atoms with van der Waals surface area (Å²) in [6.45, 7) is 7.17. The van der Waals surface area contributed by atoms with E-state index >= 15 is 0 Å². The molecular weight excluding hydrogens is 516 g/mol. The third-order valence-corrected chi connectivity index (χ3v) is 8.16. The molecule has 0 atom stereocenters. The minimum absolute atomic E-state index is 0.00263. The van der Waals surface area contributed by atoms with Crippen LogP contribution in [0.15, 0.2) is 0 Å². The lowest BCUT2D eigenvalue weighted by atomic mass is 10.0. The van der Waals surface area contributed by atoms with Gasteiger partial charge in [-0.05, 0) is 38.5 Å². The fraction of sp³-hybridized carbons (Fsp3) is 0.857. The summed E-state index contributed by atoms with van der Waals surface area (Å²) in [5, 5.41) is 30.8. The molecule has 0 aliphatic carbocycles. The number of carbonyl (C=O) groups excluding carboxylic acids is 4. The molecular formula is C28H54N6O6+2. The zero-order valence-electron chi connectivity index (χ0n) is 24.7. The first-order chi connectivity index (χ1) is 19.0. The second-order valence-electron chi connectivity index (χ2n) is 12.0. The Hall–Kier alpha value is -2.28. The van der Waals surface area contributed by atoms with Crippen molar-refractivity contribution in [3.8, 4) is 0 Å². The summed E-state index contributed by atoms with van der Waals surface area (Å²) in [6, 6.07) is 0. The van der Waals surface area contributed by atoms with Crippen LogP contribution in [0.2, 0.25) is 0 Å². The van der Waals surface area contributed by atoms with Crippen LogP contribution in [0, 0.1) is 0 Å². The van der Waals surface area contributed by atoms with Crippen LogP contribution in [-0.4, -0.2) is 135 Å². The van der Waals surface area contributed by atoms with Crippen molar-refractivity contribution < 1.29 is 38.4 Å². The monoisotopic (exact) mass is 570 g/mol. The molecule has 0 aromatic carbocycles.